The Morgan fingerprint density at radius 3 is 2.31 bits per heavy atom. The van der Waals surface area contributed by atoms with Crippen LogP contribution < -0.4 is 0 Å². The number of aliphatic hydroxyl groups excluding tert-OH is 1. The second kappa shape index (κ2) is 4.42. The molecule has 0 unspecified atom stereocenters. The topological polar surface area (TPSA) is 20.2 Å². The Labute approximate surface area is 82.9 Å². The van der Waals surface area contributed by atoms with E-state index in [2.05, 4.69) is 31.4 Å². The number of rotatable bonds is 2. The van der Waals surface area contributed by atoms with Crippen molar-refractivity contribution in [3.8, 4) is 0 Å². The predicted molar refractivity (Wildman–Crippen MR) is 60.5 cm³/mol. The predicted octanol–water partition coefficient (Wildman–Crippen LogP) is 2.97. The molecule has 0 aromatic carbocycles. The summed E-state index contributed by atoms with van der Waals surface area (Å²) in [6.45, 7) is 7.00. The van der Waals surface area contributed by atoms with Crippen molar-refractivity contribution in [3.63, 3.8) is 0 Å². The molecule has 0 amide bonds. The Bertz CT molecular complexity index is 181. The molecule has 0 bridgehead atoms. The minimum atomic E-state index is -1.06. The third-order valence-corrected chi connectivity index (χ3v) is 3.82. The lowest BCUT2D eigenvalue weighted by atomic mass is 9.87. The summed E-state index contributed by atoms with van der Waals surface area (Å²) in [4.78, 5) is 0. The van der Waals surface area contributed by atoms with Crippen molar-refractivity contribution in [1.29, 1.82) is 0 Å². The first-order valence-corrected chi connectivity index (χ1v) is 8.94. The van der Waals surface area contributed by atoms with Crippen molar-refractivity contribution in [3.05, 3.63) is 11.8 Å². The van der Waals surface area contributed by atoms with Crippen molar-refractivity contribution >= 4 is 8.07 Å². The molecule has 0 radical (unpaired) electrons. The maximum atomic E-state index is 9.73. The van der Waals surface area contributed by atoms with Crippen LogP contribution in [0, 0.1) is 5.92 Å². The van der Waals surface area contributed by atoms with Gasteiger partial charge in [-0.3, -0.25) is 0 Å². The van der Waals surface area contributed by atoms with E-state index in [0.717, 1.165) is 6.42 Å². The van der Waals surface area contributed by atoms with E-state index < -0.39 is 8.07 Å². The summed E-state index contributed by atoms with van der Waals surface area (Å²) in [5, 5.41) is 9.73. The van der Waals surface area contributed by atoms with Gasteiger partial charge in [0.05, 0.1) is 14.2 Å². The van der Waals surface area contributed by atoms with Crippen LogP contribution in [-0.2, 0) is 0 Å². The molecule has 0 aromatic heterocycles. The van der Waals surface area contributed by atoms with Gasteiger partial charge in [-0.25, -0.2) is 0 Å². The molecule has 1 fully saturated rings. The summed E-state index contributed by atoms with van der Waals surface area (Å²) in [5.41, 5.74) is 2.37. The summed E-state index contributed by atoms with van der Waals surface area (Å²) in [6.07, 6.45) is 6.89. The fourth-order valence-electron chi connectivity index (χ4n) is 1.78. The van der Waals surface area contributed by atoms with Crippen molar-refractivity contribution in [2.75, 3.05) is 0 Å². The van der Waals surface area contributed by atoms with Crippen LogP contribution in [0.25, 0.3) is 0 Å². The van der Waals surface area contributed by atoms with Crippen molar-refractivity contribution < 1.29 is 5.11 Å². The first kappa shape index (κ1) is 11.0. The van der Waals surface area contributed by atoms with E-state index in [1.54, 1.807) is 0 Å². The molecule has 76 valence electrons. The first-order valence-electron chi connectivity index (χ1n) is 5.36. The molecule has 1 rings (SSSR count). The lowest BCUT2D eigenvalue weighted by Crippen LogP contribution is -2.24. The van der Waals surface area contributed by atoms with Gasteiger partial charge in [0.2, 0.25) is 0 Å². The Hall–Kier alpha value is -0.0831. The standard InChI is InChI=1S/C11H22OSi/c1-13(2,3)9-8-10-6-4-5-7-11(10)12/h8-12H,4-7H2,1-3H3/b9-8-/t10-,11+/m1/s1. The van der Waals surface area contributed by atoms with Crippen molar-refractivity contribution in [1.82, 2.24) is 0 Å². The maximum absolute atomic E-state index is 9.73. The van der Waals surface area contributed by atoms with E-state index >= 15 is 0 Å². The molecule has 0 saturated heterocycles. The number of aliphatic hydroxyl groups is 1. The average Bonchev–Trinajstić information content (AvgIpc) is 2.01. The van der Waals surface area contributed by atoms with Gasteiger partial charge in [-0.2, -0.15) is 0 Å². The normalized spacial score (nSPS) is 31.1. The zero-order valence-corrected chi connectivity index (χ0v) is 10.1. The first-order chi connectivity index (χ1) is 5.99. The zero-order chi connectivity index (χ0) is 9.90. The highest BCUT2D eigenvalue weighted by Crippen LogP contribution is 2.25. The molecule has 1 aliphatic rings. The summed E-state index contributed by atoms with van der Waals surface area (Å²) in [6, 6.07) is 0. The molecule has 1 N–H and O–H groups in total. The van der Waals surface area contributed by atoms with E-state index in [-0.39, 0.29) is 6.10 Å². The SMILES string of the molecule is C[Si](C)(C)/C=C\[C@H]1CCCC[C@@H]1O. The Kier molecular flexibility index (Phi) is 3.74. The van der Waals surface area contributed by atoms with E-state index in [9.17, 15) is 5.11 Å². The number of hydrogen-bond donors (Lipinski definition) is 1. The van der Waals surface area contributed by atoms with E-state index in [4.69, 9.17) is 0 Å². The molecule has 2 heteroatoms. The van der Waals surface area contributed by atoms with Crippen LogP contribution >= 0.6 is 0 Å². The monoisotopic (exact) mass is 198 g/mol. The fraction of sp³-hybridized carbons (Fsp3) is 0.818. The van der Waals surface area contributed by atoms with E-state index in [0.29, 0.717) is 5.92 Å². The Morgan fingerprint density at radius 2 is 1.77 bits per heavy atom. The highest BCUT2D eigenvalue weighted by molar-refractivity contribution is 6.80. The van der Waals surface area contributed by atoms with Crippen LogP contribution in [-0.4, -0.2) is 19.3 Å². The van der Waals surface area contributed by atoms with Gasteiger partial charge in [0.15, 0.2) is 0 Å². The smallest absolute Gasteiger partial charge is 0.0683 e. The van der Waals surface area contributed by atoms with Crippen LogP contribution in [0.2, 0.25) is 19.6 Å². The molecule has 0 aromatic rings. The molecule has 0 heterocycles. The molecule has 1 saturated carbocycles. The van der Waals surface area contributed by atoms with Gasteiger partial charge in [0.1, 0.15) is 0 Å². The van der Waals surface area contributed by atoms with Crippen LogP contribution in [0.3, 0.4) is 0 Å². The van der Waals surface area contributed by atoms with Gasteiger partial charge in [-0.1, -0.05) is 44.3 Å². The Balaban J connectivity index is 2.47. The molecule has 1 nitrogen and oxygen atoms in total. The highest BCUT2D eigenvalue weighted by Gasteiger charge is 2.21. The minimum Gasteiger partial charge on any atom is -0.393 e. The zero-order valence-electron chi connectivity index (χ0n) is 9.09. The van der Waals surface area contributed by atoms with Gasteiger partial charge in [0, 0.05) is 5.92 Å². The van der Waals surface area contributed by atoms with Gasteiger partial charge in [-0.05, 0) is 12.8 Å². The highest BCUT2D eigenvalue weighted by atomic mass is 28.3. The van der Waals surface area contributed by atoms with Gasteiger partial charge < -0.3 is 5.11 Å². The maximum Gasteiger partial charge on any atom is 0.0683 e. The molecule has 0 aliphatic heterocycles. The third-order valence-electron chi connectivity index (χ3n) is 2.62. The third kappa shape index (κ3) is 4.10. The van der Waals surface area contributed by atoms with Crippen molar-refractivity contribution in [2.24, 2.45) is 5.92 Å². The van der Waals surface area contributed by atoms with Crippen LogP contribution in [0.15, 0.2) is 11.8 Å². The van der Waals surface area contributed by atoms with Crippen LogP contribution in [0.4, 0.5) is 0 Å². The summed E-state index contributed by atoms with van der Waals surface area (Å²) < 4.78 is 0. The lowest BCUT2D eigenvalue weighted by molar-refractivity contribution is 0.0928. The average molecular weight is 198 g/mol. The van der Waals surface area contributed by atoms with E-state index in [1.807, 2.05) is 0 Å². The van der Waals surface area contributed by atoms with Crippen LogP contribution in [0.1, 0.15) is 25.7 Å². The Morgan fingerprint density at radius 1 is 1.15 bits per heavy atom. The lowest BCUT2D eigenvalue weighted by Gasteiger charge is -2.25. The van der Waals surface area contributed by atoms with Gasteiger partial charge in [-0.15, -0.1) is 0 Å². The minimum absolute atomic E-state index is 0.0682. The summed E-state index contributed by atoms with van der Waals surface area (Å²) in [5.74, 6) is 0.445. The van der Waals surface area contributed by atoms with Crippen molar-refractivity contribution in [2.45, 2.75) is 51.4 Å². The van der Waals surface area contributed by atoms with Crippen LogP contribution in [0.5, 0.6) is 0 Å². The molecule has 2 atom stereocenters. The quantitative estimate of drug-likeness (QED) is 0.676. The molecular formula is C11H22OSi. The van der Waals surface area contributed by atoms with Gasteiger partial charge in [0.25, 0.3) is 0 Å². The molecule has 1 aliphatic carbocycles. The second-order valence-corrected chi connectivity index (χ2v) is 10.3. The van der Waals surface area contributed by atoms with Gasteiger partial charge >= 0.3 is 0 Å². The molecule has 0 spiro atoms. The summed E-state index contributed by atoms with van der Waals surface area (Å²) >= 11 is 0. The fourth-order valence-corrected chi connectivity index (χ4v) is 2.60. The van der Waals surface area contributed by atoms with E-state index in [1.165, 1.54) is 19.3 Å². The summed E-state index contributed by atoms with van der Waals surface area (Å²) in [7, 11) is -1.06. The molecular weight excluding hydrogens is 176 g/mol. The second-order valence-electron chi connectivity index (χ2n) is 5.24. The molecule has 13 heavy (non-hydrogen) atoms. The largest absolute Gasteiger partial charge is 0.393 e. The number of hydrogen-bond acceptors (Lipinski definition) is 1.